The van der Waals surface area contributed by atoms with E-state index in [2.05, 4.69) is 31.1 Å². The first kappa shape index (κ1) is 12.3. The van der Waals surface area contributed by atoms with E-state index in [0.29, 0.717) is 5.92 Å². The second kappa shape index (κ2) is 5.48. The average molecular weight is 257 g/mol. The van der Waals surface area contributed by atoms with E-state index in [1.807, 2.05) is 25.4 Å². The monoisotopic (exact) mass is 257 g/mol. The number of H-pyrrole nitrogens is 1. The number of aryl methyl sites for hydroxylation is 1. The Bertz CT molecular complexity index is 522. The molecule has 1 aliphatic rings. The summed E-state index contributed by atoms with van der Waals surface area (Å²) >= 11 is 0. The van der Waals surface area contributed by atoms with Gasteiger partial charge in [-0.1, -0.05) is 0 Å². The van der Waals surface area contributed by atoms with Crippen LogP contribution in [0.25, 0.3) is 0 Å². The van der Waals surface area contributed by atoms with Crippen molar-refractivity contribution in [1.82, 2.24) is 25.1 Å². The summed E-state index contributed by atoms with van der Waals surface area (Å²) < 4.78 is 0. The summed E-state index contributed by atoms with van der Waals surface area (Å²) in [5.74, 6) is 1.39. The zero-order chi connectivity index (χ0) is 13.1. The first-order chi connectivity index (χ1) is 9.31. The van der Waals surface area contributed by atoms with Gasteiger partial charge in [0.25, 0.3) is 0 Å². The minimum absolute atomic E-state index is 0.526. The van der Waals surface area contributed by atoms with Gasteiger partial charge in [0.05, 0.1) is 0 Å². The van der Waals surface area contributed by atoms with Crippen LogP contribution in [-0.4, -0.2) is 38.2 Å². The minimum atomic E-state index is 0.526. The van der Waals surface area contributed by atoms with E-state index in [1.165, 1.54) is 24.2 Å². The van der Waals surface area contributed by atoms with Gasteiger partial charge in [0, 0.05) is 42.8 Å². The van der Waals surface area contributed by atoms with Gasteiger partial charge in [-0.3, -0.25) is 10.00 Å². The highest BCUT2D eigenvalue weighted by molar-refractivity contribution is 5.10. The van der Waals surface area contributed by atoms with Gasteiger partial charge in [-0.05, 0) is 38.4 Å². The second-order valence-electron chi connectivity index (χ2n) is 5.18. The molecule has 0 bridgehead atoms. The second-order valence-corrected chi connectivity index (χ2v) is 5.18. The molecule has 5 nitrogen and oxygen atoms in total. The molecule has 5 heteroatoms. The predicted octanol–water partition coefficient (Wildman–Crippen LogP) is 1.89. The van der Waals surface area contributed by atoms with Crippen LogP contribution in [0.2, 0.25) is 0 Å². The van der Waals surface area contributed by atoms with Gasteiger partial charge in [0.1, 0.15) is 5.82 Å². The van der Waals surface area contributed by atoms with Crippen molar-refractivity contribution >= 4 is 0 Å². The summed E-state index contributed by atoms with van der Waals surface area (Å²) in [4.78, 5) is 11.2. The van der Waals surface area contributed by atoms with Crippen molar-refractivity contribution in [2.24, 2.45) is 0 Å². The smallest absolute Gasteiger partial charge is 0.125 e. The number of nitrogens with one attached hydrogen (secondary N) is 1. The Morgan fingerprint density at radius 1 is 1.37 bits per heavy atom. The first-order valence-corrected chi connectivity index (χ1v) is 6.81. The highest BCUT2D eigenvalue weighted by Crippen LogP contribution is 2.26. The molecular formula is C14H19N5. The molecule has 2 aromatic heterocycles. The van der Waals surface area contributed by atoms with Crippen LogP contribution < -0.4 is 0 Å². The molecule has 0 aliphatic carbocycles. The maximum atomic E-state index is 4.57. The van der Waals surface area contributed by atoms with Crippen LogP contribution in [0.5, 0.6) is 0 Å². The summed E-state index contributed by atoms with van der Waals surface area (Å²) in [5, 5.41) is 7.04. The number of piperidine rings is 1. The van der Waals surface area contributed by atoms with Crippen molar-refractivity contribution in [2.45, 2.75) is 32.2 Å². The zero-order valence-corrected chi connectivity index (χ0v) is 11.2. The van der Waals surface area contributed by atoms with E-state index in [9.17, 15) is 0 Å². The van der Waals surface area contributed by atoms with Crippen molar-refractivity contribution < 1.29 is 0 Å². The summed E-state index contributed by atoms with van der Waals surface area (Å²) in [6.45, 7) is 5.12. The lowest BCUT2D eigenvalue weighted by molar-refractivity contribution is 0.196. The molecule has 2 aromatic rings. The van der Waals surface area contributed by atoms with Crippen LogP contribution >= 0.6 is 0 Å². The van der Waals surface area contributed by atoms with Crippen LogP contribution in [0.1, 0.15) is 36.0 Å². The van der Waals surface area contributed by atoms with Crippen molar-refractivity contribution in [3.8, 4) is 0 Å². The number of rotatable bonds is 3. The molecule has 3 heterocycles. The highest BCUT2D eigenvalue weighted by Gasteiger charge is 2.22. The maximum Gasteiger partial charge on any atom is 0.125 e. The number of nitrogens with zero attached hydrogens (tertiary/aromatic N) is 4. The third-order valence-corrected chi connectivity index (χ3v) is 3.67. The molecule has 0 radical (unpaired) electrons. The molecule has 0 amide bonds. The van der Waals surface area contributed by atoms with E-state index in [-0.39, 0.29) is 0 Å². The Hall–Kier alpha value is -1.75. The first-order valence-electron chi connectivity index (χ1n) is 6.81. The lowest BCUT2D eigenvalue weighted by Gasteiger charge is -2.32. The summed E-state index contributed by atoms with van der Waals surface area (Å²) in [6.07, 6.45) is 6.12. The standard InChI is InChI=1S/C14H19N5/c1-11-15-6-5-14(17-11)12-3-2-8-19(9-12)10-13-4-7-16-18-13/h4-7,12H,2-3,8-10H2,1H3,(H,16,18)/t12-/m0/s1. The predicted molar refractivity (Wildman–Crippen MR) is 72.6 cm³/mol. The molecule has 19 heavy (non-hydrogen) atoms. The number of aromatic nitrogens is 4. The fraction of sp³-hybridized carbons (Fsp3) is 0.500. The van der Waals surface area contributed by atoms with Gasteiger partial charge < -0.3 is 0 Å². The molecule has 0 saturated carbocycles. The fourth-order valence-corrected chi connectivity index (χ4v) is 2.76. The molecule has 3 rings (SSSR count). The van der Waals surface area contributed by atoms with Crippen LogP contribution in [-0.2, 0) is 6.54 Å². The van der Waals surface area contributed by atoms with Crippen LogP contribution in [0, 0.1) is 6.92 Å². The van der Waals surface area contributed by atoms with Gasteiger partial charge >= 0.3 is 0 Å². The van der Waals surface area contributed by atoms with Crippen LogP contribution in [0.15, 0.2) is 24.5 Å². The molecule has 1 atom stereocenters. The molecule has 100 valence electrons. The molecule has 1 aliphatic heterocycles. The topological polar surface area (TPSA) is 57.7 Å². The number of aromatic amines is 1. The zero-order valence-electron chi connectivity index (χ0n) is 11.2. The van der Waals surface area contributed by atoms with E-state index >= 15 is 0 Å². The Balaban J connectivity index is 1.67. The SMILES string of the molecule is Cc1nccc([C@H]2CCCN(Cc3ccn[nH]3)C2)n1. The normalized spacial score (nSPS) is 20.6. The molecule has 1 fully saturated rings. The summed E-state index contributed by atoms with van der Waals surface area (Å²) in [6, 6.07) is 4.09. The minimum Gasteiger partial charge on any atom is -0.297 e. The van der Waals surface area contributed by atoms with E-state index < -0.39 is 0 Å². The molecule has 0 aromatic carbocycles. The van der Waals surface area contributed by atoms with E-state index in [4.69, 9.17) is 0 Å². The molecule has 0 spiro atoms. The van der Waals surface area contributed by atoms with Crippen LogP contribution in [0.3, 0.4) is 0 Å². The largest absolute Gasteiger partial charge is 0.297 e. The molecule has 1 saturated heterocycles. The van der Waals surface area contributed by atoms with Crippen molar-refractivity contribution in [3.63, 3.8) is 0 Å². The highest BCUT2D eigenvalue weighted by atomic mass is 15.2. The van der Waals surface area contributed by atoms with Gasteiger partial charge in [-0.15, -0.1) is 0 Å². The quantitative estimate of drug-likeness (QED) is 0.912. The lowest BCUT2D eigenvalue weighted by Crippen LogP contribution is -2.34. The van der Waals surface area contributed by atoms with Crippen molar-refractivity contribution in [1.29, 1.82) is 0 Å². The Labute approximate surface area is 113 Å². The van der Waals surface area contributed by atoms with Gasteiger partial charge in [0.15, 0.2) is 0 Å². The number of hydrogen-bond donors (Lipinski definition) is 1. The van der Waals surface area contributed by atoms with Gasteiger partial charge in [-0.25, -0.2) is 9.97 Å². The summed E-state index contributed by atoms with van der Waals surface area (Å²) in [5.41, 5.74) is 2.36. The van der Waals surface area contributed by atoms with Gasteiger partial charge in [-0.2, -0.15) is 5.10 Å². The van der Waals surface area contributed by atoms with Crippen molar-refractivity contribution in [3.05, 3.63) is 41.7 Å². The third kappa shape index (κ3) is 2.98. The third-order valence-electron chi connectivity index (χ3n) is 3.67. The average Bonchev–Trinajstić information content (AvgIpc) is 2.92. The summed E-state index contributed by atoms with van der Waals surface area (Å²) in [7, 11) is 0. The Kier molecular flexibility index (Phi) is 3.55. The van der Waals surface area contributed by atoms with Gasteiger partial charge in [0.2, 0.25) is 0 Å². The van der Waals surface area contributed by atoms with Crippen molar-refractivity contribution in [2.75, 3.05) is 13.1 Å². The Morgan fingerprint density at radius 3 is 3.11 bits per heavy atom. The molecule has 0 unspecified atom stereocenters. The number of hydrogen-bond acceptors (Lipinski definition) is 4. The maximum absolute atomic E-state index is 4.57. The Morgan fingerprint density at radius 2 is 2.32 bits per heavy atom. The van der Waals surface area contributed by atoms with E-state index in [1.54, 1.807) is 0 Å². The van der Waals surface area contributed by atoms with Crippen LogP contribution in [0.4, 0.5) is 0 Å². The number of likely N-dealkylation sites (tertiary alicyclic amines) is 1. The molecular weight excluding hydrogens is 238 g/mol. The van der Waals surface area contributed by atoms with E-state index in [0.717, 1.165) is 25.5 Å². The fourth-order valence-electron chi connectivity index (χ4n) is 2.76. The molecule has 1 N–H and O–H groups in total. The lowest BCUT2D eigenvalue weighted by atomic mass is 9.94.